The second-order valence-electron chi connectivity index (χ2n) is 9.86. The summed E-state index contributed by atoms with van der Waals surface area (Å²) in [6.07, 6.45) is 4.02. The number of imide groups is 1. The number of carbonyl (C=O) groups is 2. The average Bonchev–Trinajstić information content (AvgIpc) is 3.55. The Bertz CT molecular complexity index is 1640. The number of aryl methyl sites for hydroxylation is 1. The van der Waals surface area contributed by atoms with Crippen molar-refractivity contribution in [2.75, 3.05) is 6.54 Å². The first-order valence-corrected chi connectivity index (χ1v) is 12.9. The molecule has 0 spiro atoms. The van der Waals surface area contributed by atoms with Crippen molar-refractivity contribution in [2.45, 2.75) is 45.4 Å². The number of hydrogen-bond acceptors (Lipinski definition) is 5. The van der Waals surface area contributed by atoms with Crippen LogP contribution in [0, 0.1) is 18.6 Å². The third kappa shape index (κ3) is 4.58. The van der Waals surface area contributed by atoms with Crippen LogP contribution < -0.4 is 4.74 Å². The van der Waals surface area contributed by atoms with Gasteiger partial charge in [0.1, 0.15) is 30.2 Å². The first kappa shape index (κ1) is 25.2. The molecule has 1 aliphatic carbocycles. The molecule has 39 heavy (non-hydrogen) atoms. The van der Waals surface area contributed by atoms with Gasteiger partial charge in [-0.15, -0.1) is 0 Å². The van der Waals surface area contributed by atoms with E-state index in [-0.39, 0.29) is 36.2 Å². The molecule has 4 aromatic rings. The molecule has 8 nitrogen and oxygen atoms in total. The lowest BCUT2D eigenvalue weighted by atomic mass is 10.0. The number of para-hydroxylation sites is 1. The molecule has 1 saturated heterocycles. The SMILES string of the molecule is Cc1cc(-n2cc(F)cn2)c2cccc(OCc3c(Cl)cc(F)cc3[C@H](C)N3CC(=O)N(C4CC4)C3=O)c2n1. The number of benzene rings is 2. The van der Waals surface area contributed by atoms with Crippen molar-refractivity contribution in [1.29, 1.82) is 0 Å². The van der Waals surface area contributed by atoms with E-state index in [4.69, 9.17) is 16.3 Å². The van der Waals surface area contributed by atoms with Crippen LogP contribution in [-0.2, 0) is 11.4 Å². The lowest BCUT2D eigenvalue weighted by Gasteiger charge is -2.26. The number of pyridine rings is 1. The Morgan fingerprint density at radius 2 is 1.95 bits per heavy atom. The van der Waals surface area contributed by atoms with E-state index in [1.807, 2.05) is 13.0 Å². The summed E-state index contributed by atoms with van der Waals surface area (Å²) in [6.45, 7) is 3.44. The Morgan fingerprint density at radius 3 is 2.67 bits per heavy atom. The highest BCUT2D eigenvalue weighted by Crippen LogP contribution is 2.37. The fraction of sp³-hybridized carbons (Fsp3) is 0.286. The third-order valence-corrected chi connectivity index (χ3v) is 7.47. The van der Waals surface area contributed by atoms with Crippen LogP contribution in [0.4, 0.5) is 13.6 Å². The number of amides is 3. The van der Waals surface area contributed by atoms with Gasteiger partial charge in [-0.25, -0.2) is 23.2 Å². The molecule has 0 bridgehead atoms. The number of halogens is 3. The van der Waals surface area contributed by atoms with Crippen molar-refractivity contribution in [2.24, 2.45) is 0 Å². The summed E-state index contributed by atoms with van der Waals surface area (Å²) in [7, 11) is 0. The number of fused-ring (bicyclic) bond motifs is 1. The van der Waals surface area contributed by atoms with Gasteiger partial charge in [0.2, 0.25) is 0 Å². The fourth-order valence-electron chi connectivity index (χ4n) is 5.06. The van der Waals surface area contributed by atoms with Gasteiger partial charge in [-0.2, -0.15) is 5.10 Å². The summed E-state index contributed by atoms with van der Waals surface area (Å²) in [5.41, 5.74) is 2.80. The summed E-state index contributed by atoms with van der Waals surface area (Å²) in [5.74, 6) is -0.826. The lowest BCUT2D eigenvalue weighted by Crippen LogP contribution is -2.36. The number of carbonyl (C=O) groups excluding carboxylic acids is 2. The molecule has 3 heterocycles. The number of nitrogens with zero attached hydrogens (tertiary/aromatic N) is 5. The van der Waals surface area contributed by atoms with Crippen molar-refractivity contribution in [3.8, 4) is 11.4 Å². The minimum absolute atomic E-state index is 0.0401. The zero-order valence-electron chi connectivity index (χ0n) is 21.2. The summed E-state index contributed by atoms with van der Waals surface area (Å²) in [5, 5.41) is 4.92. The van der Waals surface area contributed by atoms with E-state index in [1.165, 1.54) is 32.8 Å². The van der Waals surface area contributed by atoms with Crippen LogP contribution in [0.1, 0.15) is 42.6 Å². The molecule has 11 heteroatoms. The highest BCUT2D eigenvalue weighted by molar-refractivity contribution is 6.31. The first-order valence-electron chi connectivity index (χ1n) is 12.6. The molecule has 0 unspecified atom stereocenters. The Kier molecular flexibility index (Phi) is 6.22. The van der Waals surface area contributed by atoms with E-state index in [9.17, 15) is 18.4 Å². The lowest BCUT2D eigenvalue weighted by molar-refractivity contribution is -0.125. The molecule has 2 aromatic heterocycles. The monoisotopic (exact) mass is 551 g/mol. The third-order valence-electron chi connectivity index (χ3n) is 7.13. The maximum absolute atomic E-state index is 14.5. The minimum atomic E-state index is -0.619. The van der Waals surface area contributed by atoms with Crippen molar-refractivity contribution < 1.29 is 23.1 Å². The number of ether oxygens (including phenoxy) is 1. The molecule has 1 atom stereocenters. The van der Waals surface area contributed by atoms with Gasteiger partial charge in [0.25, 0.3) is 5.91 Å². The molecule has 2 aromatic carbocycles. The maximum atomic E-state index is 14.5. The van der Waals surface area contributed by atoms with Gasteiger partial charge < -0.3 is 9.64 Å². The van der Waals surface area contributed by atoms with E-state index in [2.05, 4.69) is 10.1 Å². The molecular formula is C28H24ClF2N5O3. The number of urea groups is 1. The molecular weight excluding hydrogens is 528 g/mol. The van der Waals surface area contributed by atoms with Crippen molar-refractivity contribution >= 4 is 34.4 Å². The Hall–Kier alpha value is -4.05. The van der Waals surface area contributed by atoms with Gasteiger partial charge in [-0.05, 0) is 56.5 Å². The van der Waals surface area contributed by atoms with Crippen LogP contribution in [0.2, 0.25) is 5.02 Å². The molecule has 1 saturated carbocycles. The van der Waals surface area contributed by atoms with Crippen molar-refractivity contribution in [3.63, 3.8) is 0 Å². The summed E-state index contributed by atoms with van der Waals surface area (Å²) in [6, 6.07) is 8.64. The second-order valence-corrected chi connectivity index (χ2v) is 10.3. The van der Waals surface area contributed by atoms with Crippen LogP contribution in [0.5, 0.6) is 5.75 Å². The molecule has 2 aliphatic rings. The van der Waals surface area contributed by atoms with E-state index >= 15 is 0 Å². The molecule has 0 radical (unpaired) electrons. The van der Waals surface area contributed by atoms with Crippen LogP contribution in [0.25, 0.3) is 16.6 Å². The van der Waals surface area contributed by atoms with E-state index in [0.29, 0.717) is 39.2 Å². The van der Waals surface area contributed by atoms with Crippen molar-refractivity contribution in [1.82, 2.24) is 24.6 Å². The highest BCUT2D eigenvalue weighted by atomic mass is 35.5. The first-order chi connectivity index (χ1) is 18.7. The Balaban J connectivity index is 1.33. The largest absolute Gasteiger partial charge is 0.487 e. The van der Waals surface area contributed by atoms with Crippen molar-refractivity contribution in [3.05, 3.63) is 82.3 Å². The Morgan fingerprint density at radius 1 is 1.15 bits per heavy atom. The molecule has 3 amide bonds. The van der Waals surface area contributed by atoms with Gasteiger partial charge in [-0.3, -0.25) is 9.69 Å². The summed E-state index contributed by atoms with van der Waals surface area (Å²) >= 11 is 6.49. The molecule has 6 rings (SSSR count). The minimum Gasteiger partial charge on any atom is -0.487 e. The van der Waals surface area contributed by atoms with E-state index in [1.54, 1.807) is 25.1 Å². The van der Waals surface area contributed by atoms with E-state index in [0.717, 1.165) is 19.0 Å². The molecule has 200 valence electrons. The molecule has 2 fully saturated rings. The second kappa shape index (κ2) is 9.60. The van der Waals surface area contributed by atoms with Gasteiger partial charge in [0.15, 0.2) is 5.82 Å². The summed E-state index contributed by atoms with van der Waals surface area (Å²) in [4.78, 5) is 32.9. The van der Waals surface area contributed by atoms with Crippen LogP contribution >= 0.6 is 11.6 Å². The zero-order valence-corrected chi connectivity index (χ0v) is 22.0. The molecule has 0 N–H and O–H groups in total. The topological polar surface area (TPSA) is 80.6 Å². The molecule has 1 aliphatic heterocycles. The van der Waals surface area contributed by atoms with Gasteiger partial charge in [-0.1, -0.05) is 23.7 Å². The Labute approximate surface area is 227 Å². The smallest absolute Gasteiger partial charge is 0.327 e. The zero-order chi connectivity index (χ0) is 27.4. The number of aromatic nitrogens is 3. The van der Waals surface area contributed by atoms with Crippen LogP contribution in [0.15, 0.2) is 48.8 Å². The predicted molar refractivity (Wildman–Crippen MR) is 140 cm³/mol. The standard InChI is InChI=1S/C28H24ClF2N5O3/c1-15-8-24(35-12-18(31)11-32-35)20-4-3-5-25(27(20)33-15)39-14-22-21(9-17(30)10-23(22)29)16(2)34-13-26(37)36(28(34)38)19-6-7-19/h3-5,8-12,16,19H,6-7,13-14H2,1-2H3/t16-/m0/s1. The number of rotatable bonds is 7. The maximum Gasteiger partial charge on any atom is 0.327 e. The fourth-order valence-corrected chi connectivity index (χ4v) is 5.33. The van der Waals surface area contributed by atoms with Gasteiger partial charge in [0.05, 0.1) is 29.1 Å². The summed E-state index contributed by atoms with van der Waals surface area (Å²) < 4.78 is 35.8. The van der Waals surface area contributed by atoms with Gasteiger partial charge in [0, 0.05) is 22.7 Å². The van der Waals surface area contributed by atoms with Crippen LogP contribution in [0.3, 0.4) is 0 Å². The van der Waals surface area contributed by atoms with E-state index < -0.39 is 17.7 Å². The van der Waals surface area contributed by atoms with Gasteiger partial charge >= 0.3 is 6.03 Å². The average molecular weight is 552 g/mol. The quantitative estimate of drug-likeness (QED) is 0.274. The highest BCUT2D eigenvalue weighted by Gasteiger charge is 2.46. The predicted octanol–water partition coefficient (Wildman–Crippen LogP) is 5.73. The number of hydrogen-bond donors (Lipinski definition) is 0. The normalized spacial score (nSPS) is 16.4. The van der Waals surface area contributed by atoms with Crippen LogP contribution in [-0.4, -0.2) is 49.1 Å².